The topological polar surface area (TPSA) is 40.5 Å². The van der Waals surface area contributed by atoms with E-state index in [1.165, 1.54) is 6.07 Å². The Kier molecular flexibility index (Phi) is 4.53. The van der Waals surface area contributed by atoms with Gasteiger partial charge < -0.3 is 10.0 Å². The molecule has 96 valence electrons. The summed E-state index contributed by atoms with van der Waals surface area (Å²) in [5.74, 6) is -0.700. The van der Waals surface area contributed by atoms with Gasteiger partial charge in [-0.2, -0.15) is 13.2 Å². The van der Waals surface area contributed by atoms with Gasteiger partial charge in [0.05, 0.1) is 11.5 Å². The molecule has 1 aromatic heterocycles. The molecule has 0 aromatic carbocycles. The predicted molar refractivity (Wildman–Crippen MR) is 58.1 cm³/mol. The van der Waals surface area contributed by atoms with Crippen LogP contribution in [0.4, 0.5) is 13.2 Å². The van der Waals surface area contributed by atoms with Gasteiger partial charge in [-0.3, -0.25) is 4.79 Å². The van der Waals surface area contributed by atoms with Crippen LogP contribution in [0.1, 0.15) is 14.5 Å². The number of rotatable bonds is 4. The van der Waals surface area contributed by atoms with Gasteiger partial charge in [0.2, 0.25) is 0 Å². The number of thiophene rings is 1. The van der Waals surface area contributed by atoms with Gasteiger partial charge in [0, 0.05) is 11.4 Å². The van der Waals surface area contributed by atoms with Crippen molar-refractivity contribution < 1.29 is 23.1 Å². The van der Waals surface area contributed by atoms with Gasteiger partial charge in [-0.25, -0.2) is 0 Å². The molecule has 0 atom stereocenters. The lowest BCUT2D eigenvalue weighted by atomic mass is 10.3. The Bertz CT molecular complexity index is 389. The van der Waals surface area contributed by atoms with Gasteiger partial charge in [0.15, 0.2) is 0 Å². The molecular formula is C10H12F3NO2S. The lowest BCUT2D eigenvalue weighted by Gasteiger charge is -2.22. The van der Waals surface area contributed by atoms with Gasteiger partial charge in [-0.1, -0.05) is 0 Å². The molecule has 0 fully saturated rings. The molecule has 3 nitrogen and oxygen atoms in total. The third-order valence-corrected chi connectivity index (χ3v) is 2.97. The SMILES string of the molecule is Cc1ccc(C(=O)N(CCO)CC(F)(F)F)s1. The highest BCUT2D eigenvalue weighted by atomic mass is 32.1. The van der Waals surface area contributed by atoms with Crippen LogP contribution in [-0.2, 0) is 0 Å². The molecule has 0 spiro atoms. The van der Waals surface area contributed by atoms with Crippen molar-refractivity contribution in [2.45, 2.75) is 13.1 Å². The van der Waals surface area contributed by atoms with E-state index in [2.05, 4.69) is 0 Å². The Morgan fingerprint density at radius 1 is 1.47 bits per heavy atom. The van der Waals surface area contributed by atoms with Gasteiger partial charge in [-0.15, -0.1) is 11.3 Å². The molecule has 1 rings (SSSR count). The molecule has 1 aromatic rings. The summed E-state index contributed by atoms with van der Waals surface area (Å²) >= 11 is 1.14. The summed E-state index contributed by atoms with van der Waals surface area (Å²) in [4.78, 5) is 13.5. The van der Waals surface area contributed by atoms with E-state index in [1.54, 1.807) is 13.0 Å². The molecule has 0 aliphatic heterocycles. The standard InChI is InChI=1S/C10H12F3NO2S/c1-7-2-3-8(17-7)9(16)14(4-5-15)6-10(11,12)13/h2-3,15H,4-6H2,1H3. The number of alkyl halides is 3. The first-order chi connectivity index (χ1) is 7.83. The van der Waals surface area contributed by atoms with Crippen LogP contribution in [0.2, 0.25) is 0 Å². The zero-order valence-electron chi connectivity index (χ0n) is 9.12. The molecule has 0 bridgehead atoms. The van der Waals surface area contributed by atoms with Crippen LogP contribution in [-0.4, -0.2) is 41.8 Å². The third-order valence-electron chi connectivity index (χ3n) is 1.98. The molecular weight excluding hydrogens is 255 g/mol. The van der Waals surface area contributed by atoms with Crippen molar-refractivity contribution in [1.82, 2.24) is 4.90 Å². The number of aliphatic hydroxyl groups is 1. The molecule has 0 radical (unpaired) electrons. The first-order valence-corrected chi connectivity index (χ1v) is 5.68. The number of hydrogen-bond acceptors (Lipinski definition) is 3. The zero-order chi connectivity index (χ0) is 13.1. The highest BCUT2D eigenvalue weighted by Gasteiger charge is 2.33. The average molecular weight is 267 g/mol. The molecule has 0 aliphatic rings. The van der Waals surface area contributed by atoms with E-state index in [9.17, 15) is 18.0 Å². The molecule has 7 heteroatoms. The van der Waals surface area contributed by atoms with Crippen molar-refractivity contribution in [1.29, 1.82) is 0 Å². The fourth-order valence-electron chi connectivity index (χ4n) is 1.29. The van der Waals surface area contributed by atoms with Crippen LogP contribution in [0, 0.1) is 6.92 Å². The van der Waals surface area contributed by atoms with Crippen molar-refractivity contribution in [3.63, 3.8) is 0 Å². The van der Waals surface area contributed by atoms with Crippen molar-refractivity contribution in [2.24, 2.45) is 0 Å². The minimum absolute atomic E-state index is 0.250. The fourth-order valence-corrected chi connectivity index (χ4v) is 2.13. The Morgan fingerprint density at radius 2 is 2.12 bits per heavy atom. The van der Waals surface area contributed by atoms with Gasteiger partial charge in [-0.05, 0) is 19.1 Å². The largest absolute Gasteiger partial charge is 0.406 e. The Morgan fingerprint density at radius 3 is 2.53 bits per heavy atom. The van der Waals surface area contributed by atoms with Crippen LogP contribution in [0.25, 0.3) is 0 Å². The maximum atomic E-state index is 12.2. The number of aryl methyl sites for hydroxylation is 1. The fraction of sp³-hybridized carbons (Fsp3) is 0.500. The number of carbonyl (C=O) groups is 1. The minimum Gasteiger partial charge on any atom is -0.395 e. The summed E-state index contributed by atoms with van der Waals surface area (Å²) in [5, 5.41) is 8.68. The van der Waals surface area contributed by atoms with Crippen LogP contribution in [0.15, 0.2) is 12.1 Å². The monoisotopic (exact) mass is 267 g/mol. The summed E-state index contributed by atoms with van der Waals surface area (Å²) in [7, 11) is 0. The predicted octanol–water partition coefficient (Wildman–Crippen LogP) is 2.05. The number of halogens is 3. The minimum atomic E-state index is -4.46. The highest BCUT2D eigenvalue weighted by Crippen LogP contribution is 2.21. The molecule has 1 heterocycles. The third kappa shape index (κ3) is 4.35. The first kappa shape index (κ1) is 14.0. The van der Waals surface area contributed by atoms with Crippen LogP contribution in [0.3, 0.4) is 0 Å². The van der Waals surface area contributed by atoms with Gasteiger partial charge in [0.25, 0.3) is 5.91 Å². The van der Waals surface area contributed by atoms with Crippen molar-refractivity contribution in [3.8, 4) is 0 Å². The second-order valence-electron chi connectivity index (χ2n) is 3.48. The van der Waals surface area contributed by atoms with E-state index in [4.69, 9.17) is 5.11 Å². The number of hydrogen-bond donors (Lipinski definition) is 1. The second-order valence-corrected chi connectivity index (χ2v) is 4.76. The summed E-state index contributed by atoms with van der Waals surface area (Å²) in [5.41, 5.74) is 0. The zero-order valence-corrected chi connectivity index (χ0v) is 9.94. The Balaban J connectivity index is 2.80. The lowest BCUT2D eigenvalue weighted by Crippen LogP contribution is -2.40. The van der Waals surface area contributed by atoms with E-state index >= 15 is 0 Å². The number of nitrogens with zero attached hydrogens (tertiary/aromatic N) is 1. The maximum absolute atomic E-state index is 12.2. The quantitative estimate of drug-likeness (QED) is 0.907. The molecule has 17 heavy (non-hydrogen) atoms. The molecule has 1 N–H and O–H groups in total. The molecule has 0 saturated heterocycles. The van der Waals surface area contributed by atoms with Crippen molar-refractivity contribution in [3.05, 3.63) is 21.9 Å². The van der Waals surface area contributed by atoms with Crippen molar-refractivity contribution >= 4 is 17.2 Å². The molecule has 0 saturated carbocycles. The van der Waals surface area contributed by atoms with E-state index in [1.807, 2.05) is 0 Å². The summed E-state index contributed by atoms with van der Waals surface area (Å²) in [6, 6.07) is 3.16. The maximum Gasteiger partial charge on any atom is 0.406 e. The smallest absolute Gasteiger partial charge is 0.395 e. The van der Waals surface area contributed by atoms with E-state index in [0.29, 0.717) is 4.90 Å². The lowest BCUT2D eigenvalue weighted by molar-refractivity contribution is -0.141. The van der Waals surface area contributed by atoms with Gasteiger partial charge >= 0.3 is 6.18 Å². The van der Waals surface area contributed by atoms with Crippen LogP contribution in [0.5, 0.6) is 0 Å². The second kappa shape index (κ2) is 5.50. The van der Waals surface area contributed by atoms with E-state index in [-0.39, 0.29) is 11.4 Å². The average Bonchev–Trinajstić information content (AvgIpc) is 2.61. The Labute approximate surface area is 100 Å². The summed E-state index contributed by atoms with van der Waals surface area (Å²) in [6.45, 7) is -0.396. The number of aliphatic hydroxyl groups excluding tert-OH is 1. The number of carbonyl (C=O) groups excluding carboxylic acids is 1. The Hall–Kier alpha value is -1.08. The summed E-state index contributed by atoms with van der Waals surface area (Å²) in [6.07, 6.45) is -4.46. The molecule has 0 aliphatic carbocycles. The van der Waals surface area contributed by atoms with Crippen LogP contribution >= 0.6 is 11.3 Å². The van der Waals surface area contributed by atoms with Gasteiger partial charge in [0.1, 0.15) is 6.54 Å². The van der Waals surface area contributed by atoms with E-state index < -0.39 is 25.2 Å². The van der Waals surface area contributed by atoms with E-state index in [0.717, 1.165) is 16.2 Å². The highest BCUT2D eigenvalue weighted by molar-refractivity contribution is 7.13. The molecule has 0 unspecified atom stereocenters. The van der Waals surface area contributed by atoms with Crippen molar-refractivity contribution in [2.75, 3.05) is 19.7 Å². The first-order valence-electron chi connectivity index (χ1n) is 4.87. The molecule has 1 amide bonds. The summed E-state index contributed by atoms with van der Waals surface area (Å²) < 4.78 is 36.7. The van der Waals surface area contributed by atoms with Crippen LogP contribution < -0.4 is 0 Å². The normalized spacial score (nSPS) is 11.6. The number of amides is 1.